The highest BCUT2D eigenvalue weighted by atomic mass is 16.5. The van der Waals surface area contributed by atoms with Gasteiger partial charge < -0.3 is 19.9 Å². The number of aromatic nitrogens is 1. The number of aryl methyl sites for hydroxylation is 1. The molecule has 0 aliphatic rings. The van der Waals surface area contributed by atoms with Crippen molar-refractivity contribution in [3.05, 3.63) is 108 Å². The van der Waals surface area contributed by atoms with Crippen molar-refractivity contribution in [1.82, 2.24) is 10.5 Å². The van der Waals surface area contributed by atoms with Gasteiger partial charge in [-0.1, -0.05) is 47.6 Å². The number of carbonyl (C=O) groups is 1. The van der Waals surface area contributed by atoms with Crippen molar-refractivity contribution in [1.29, 1.82) is 0 Å². The molecule has 4 rings (SSSR count). The van der Waals surface area contributed by atoms with Gasteiger partial charge in [-0.2, -0.15) is 0 Å². The fourth-order valence-electron chi connectivity index (χ4n) is 3.20. The predicted octanol–water partition coefficient (Wildman–Crippen LogP) is 5.36. The standard InChI is InChI=1S/C26H25N3O3/c1-19-17-25(29-32-19)26(30)28-22-9-13-24(14-10-22)31-23-11-7-20(8-12-23)15-16-27-18-21-5-3-2-4-6-21/h2-14,17,27H,15-16,18H2,1H3,(H,28,30). The van der Waals surface area contributed by atoms with E-state index in [9.17, 15) is 4.79 Å². The van der Waals surface area contributed by atoms with Crippen molar-refractivity contribution in [2.24, 2.45) is 0 Å². The smallest absolute Gasteiger partial charge is 0.277 e. The molecule has 32 heavy (non-hydrogen) atoms. The van der Waals surface area contributed by atoms with Crippen LogP contribution in [0.5, 0.6) is 11.5 Å². The van der Waals surface area contributed by atoms with Crippen LogP contribution in [0.15, 0.2) is 89.5 Å². The van der Waals surface area contributed by atoms with E-state index in [1.54, 1.807) is 25.1 Å². The first-order valence-electron chi connectivity index (χ1n) is 10.5. The maximum atomic E-state index is 12.1. The lowest BCUT2D eigenvalue weighted by Crippen LogP contribution is -2.16. The third-order valence-electron chi connectivity index (χ3n) is 4.89. The maximum absolute atomic E-state index is 12.1. The first-order valence-corrected chi connectivity index (χ1v) is 10.5. The van der Waals surface area contributed by atoms with E-state index in [2.05, 4.69) is 52.2 Å². The normalized spacial score (nSPS) is 10.7. The van der Waals surface area contributed by atoms with Crippen LogP contribution < -0.4 is 15.4 Å². The second-order valence-electron chi connectivity index (χ2n) is 7.46. The summed E-state index contributed by atoms with van der Waals surface area (Å²) in [6, 6.07) is 27.3. The van der Waals surface area contributed by atoms with E-state index < -0.39 is 0 Å². The average molecular weight is 428 g/mol. The summed E-state index contributed by atoms with van der Waals surface area (Å²) in [5.41, 5.74) is 3.44. The molecule has 0 atom stereocenters. The van der Waals surface area contributed by atoms with E-state index >= 15 is 0 Å². The number of hydrogen-bond acceptors (Lipinski definition) is 5. The highest BCUT2D eigenvalue weighted by Crippen LogP contribution is 2.23. The molecule has 3 aromatic carbocycles. The molecule has 0 fully saturated rings. The molecule has 2 N–H and O–H groups in total. The van der Waals surface area contributed by atoms with Crippen LogP contribution in [0.25, 0.3) is 0 Å². The van der Waals surface area contributed by atoms with Crippen LogP contribution >= 0.6 is 0 Å². The topological polar surface area (TPSA) is 76.4 Å². The van der Waals surface area contributed by atoms with Gasteiger partial charge in [-0.25, -0.2) is 0 Å². The minimum Gasteiger partial charge on any atom is -0.457 e. The fourth-order valence-corrected chi connectivity index (χ4v) is 3.20. The third kappa shape index (κ3) is 6.06. The number of carbonyl (C=O) groups excluding carboxylic acids is 1. The van der Waals surface area contributed by atoms with Crippen LogP contribution in [0.3, 0.4) is 0 Å². The van der Waals surface area contributed by atoms with Crippen LogP contribution in [-0.4, -0.2) is 17.6 Å². The minimum absolute atomic E-state index is 0.248. The molecular formula is C26H25N3O3. The quantitative estimate of drug-likeness (QED) is 0.352. The zero-order valence-corrected chi connectivity index (χ0v) is 17.9. The van der Waals surface area contributed by atoms with E-state index in [4.69, 9.17) is 9.26 Å². The van der Waals surface area contributed by atoms with E-state index in [0.29, 0.717) is 17.2 Å². The molecule has 162 valence electrons. The maximum Gasteiger partial charge on any atom is 0.277 e. The fraction of sp³-hybridized carbons (Fsp3) is 0.154. The Morgan fingerprint density at radius 3 is 2.25 bits per heavy atom. The summed E-state index contributed by atoms with van der Waals surface area (Å²) in [5.74, 6) is 1.73. The first kappa shape index (κ1) is 21.3. The molecule has 0 bridgehead atoms. The number of nitrogens with one attached hydrogen (secondary N) is 2. The molecule has 0 aliphatic heterocycles. The Labute approximate surface area is 187 Å². The number of rotatable bonds is 9. The van der Waals surface area contributed by atoms with Gasteiger partial charge in [-0.05, 0) is 67.4 Å². The Bertz CT molecular complexity index is 1140. The van der Waals surface area contributed by atoms with E-state index in [-0.39, 0.29) is 11.6 Å². The first-order chi connectivity index (χ1) is 15.7. The molecule has 1 aromatic heterocycles. The summed E-state index contributed by atoms with van der Waals surface area (Å²) in [6.45, 7) is 3.53. The average Bonchev–Trinajstić information content (AvgIpc) is 3.26. The monoisotopic (exact) mass is 427 g/mol. The second-order valence-corrected chi connectivity index (χ2v) is 7.46. The Kier molecular flexibility index (Phi) is 6.94. The molecule has 4 aromatic rings. The van der Waals surface area contributed by atoms with E-state index in [1.165, 1.54) is 11.1 Å². The number of nitrogens with zero attached hydrogens (tertiary/aromatic N) is 1. The van der Waals surface area contributed by atoms with E-state index in [0.717, 1.165) is 25.3 Å². The number of anilines is 1. The molecule has 0 spiro atoms. The number of ether oxygens (including phenoxy) is 1. The molecule has 6 heteroatoms. The van der Waals surface area contributed by atoms with Gasteiger partial charge in [0.2, 0.25) is 0 Å². The van der Waals surface area contributed by atoms with Crippen LogP contribution in [0, 0.1) is 6.92 Å². The zero-order valence-electron chi connectivity index (χ0n) is 17.9. The highest BCUT2D eigenvalue weighted by Gasteiger charge is 2.11. The van der Waals surface area contributed by atoms with Crippen molar-refractivity contribution < 1.29 is 14.1 Å². The largest absolute Gasteiger partial charge is 0.457 e. The van der Waals surface area contributed by atoms with Gasteiger partial charge in [-0.3, -0.25) is 4.79 Å². The molecule has 0 radical (unpaired) electrons. The molecule has 0 unspecified atom stereocenters. The van der Waals surface area contributed by atoms with Gasteiger partial charge in [0.25, 0.3) is 5.91 Å². The predicted molar refractivity (Wildman–Crippen MR) is 124 cm³/mol. The molecule has 1 amide bonds. The SMILES string of the molecule is Cc1cc(C(=O)Nc2ccc(Oc3ccc(CCNCc4ccccc4)cc3)cc2)no1. The number of amides is 1. The highest BCUT2D eigenvalue weighted by molar-refractivity contribution is 6.02. The van der Waals surface area contributed by atoms with Gasteiger partial charge in [0.15, 0.2) is 5.69 Å². The van der Waals surface area contributed by atoms with Crippen molar-refractivity contribution in [3.8, 4) is 11.5 Å². The van der Waals surface area contributed by atoms with Crippen molar-refractivity contribution >= 4 is 11.6 Å². The summed E-state index contributed by atoms with van der Waals surface area (Å²) in [5, 5.41) is 9.96. The second kappa shape index (κ2) is 10.4. The number of benzene rings is 3. The lowest BCUT2D eigenvalue weighted by molar-refractivity contribution is 0.101. The molecular weight excluding hydrogens is 402 g/mol. The van der Waals surface area contributed by atoms with Gasteiger partial charge >= 0.3 is 0 Å². The zero-order chi connectivity index (χ0) is 22.2. The van der Waals surface area contributed by atoms with Crippen LogP contribution in [0.1, 0.15) is 27.4 Å². The Morgan fingerprint density at radius 2 is 1.59 bits per heavy atom. The van der Waals surface area contributed by atoms with Crippen LogP contribution in [0.2, 0.25) is 0 Å². The Morgan fingerprint density at radius 1 is 0.906 bits per heavy atom. The minimum atomic E-state index is -0.315. The van der Waals surface area contributed by atoms with Crippen molar-refractivity contribution in [2.75, 3.05) is 11.9 Å². The van der Waals surface area contributed by atoms with Gasteiger partial charge in [-0.15, -0.1) is 0 Å². The van der Waals surface area contributed by atoms with Crippen LogP contribution in [0.4, 0.5) is 5.69 Å². The molecule has 1 heterocycles. The Hall–Kier alpha value is -3.90. The van der Waals surface area contributed by atoms with Gasteiger partial charge in [0, 0.05) is 18.3 Å². The van der Waals surface area contributed by atoms with Crippen molar-refractivity contribution in [3.63, 3.8) is 0 Å². The lowest BCUT2D eigenvalue weighted by atomic mass is 10.1. The van der Waals surface area contributed by atoms with Crippen molar-refractivity contribution in [2.45, 2.75) is 19.9 Å². The van der Waals surface area contributed by atoms with E-state index in [1.807, 2.05) is 30.3 Å². The summed E-state index contributed by atoms with van der Waals surface area (Å²) in [6.07, 6.45) is 0.951. The molecule has 0 saturated heterocycles. The van der Waals surface area contributed by atoms with Gasteiger partial charge in [0.1, 0.15) is 17.3 Å². The summed E-state index contributed by atoms with van der Waals surface area (Å²) in [4.78, 5) is 12.1. The molecule has 6 nitrogen and oxygen atoms in total. The summed E-state index contributed by atoms with van der Waals surface area (Å²) in [7, 11) is 0. The summed E-state index contributed by atoms with van der Waals surface area (Å²) >= 11 is 0. The molecule has 0 saturated carbocycles. The van der Waals surface area contributed by atoms with Crippen LogP contribution in [-0.2, 0) is 13.0 Å². The lowest BCUT2D eigenvalue weighted by Gasteiger charge is -2.09. The molecule has 0 aliphatic carbocycles. The number of hydrogen-bond donors (Lipinski definition) is 2. The Balaban J connectivity index is 1.23. The van der Waals surface area contributed by atoms with Gasteiger partial charge in [0.05, 0.1) is 0 Å². The third-order valence-corrected chi connectivity index (χ3v) is 4.89. The summed E-state index contributed by atoms with van der Waals surface area (Å²) < 4.78 is 10.8.